The second kappa shape index (κ2) is 5.74. The maximum Gasteiger partial charge on any atom is 0.214 e. The summed E-state index contributed by atoms with van der Waals surface area (Å²) in [6.07, 6.45) is 1.75. The van der Waals surface area contributed by atoms with E-state index >= 15 is 0 Å². The predicted molar refractivity (Wildman–Crippen MR) is 78.7 cm³/mol. The summed E-state index contributed by atoms with van der Waals surface area (Å²) in [7, 11) is 1.63. The van der Waals surface area contributed by atoms with Crippen molar-refractivity contribution in [1.29, 1.82) is 0 Å². The van der Waals surface area contributed by atoms with Crippen molar-refractivity contribution in [2.45, 2.75) is 19.3 Å². The van der Waals surface area contributed by atoms with E-state index in [2.05, 4.69) is 48.4 Å². The number of nitrogens with one attached hydrogen (secondary N) is 1. The Morgan fingerprint density at radius 3 is 2.58 bits per heavy atom. The number of benzene rings is 1. The minimum atomic E-state index is 0.0672. The summed E-state index contributed by atoms with van der Waals surface area (Å²) in [5.41, 5.74) is 2.41. The summed E-state index contributed by atoms with van der Waals surface area (Å²) in [6.45, 7) is 5.31. The average Bonchev–Trinajstić information content (AvgIpc) is 2.46. The topological polar surface area (TPSA) is 34.1 Å². The highest BCUT2D eigenvalue weighted by atomic mass is 16.5. The van der Waals surface area contributed by atoms with Crippen LogP contribution >= 0.6 is 0 Å². The van der Waals surface area contributed by atoms with E-state index < -0.39 is 0 Å². The van der Waals surface area contributed by atoms with E-state index in [9.17, 15) is 0 Å². The van der Waals surface area contributed by atoms with E-state index in [0.717, 1.165) is 12.2 Å². The maximum atomic E-state index is 5.12. The van der Waals surface area contributed by atoms with Gasteiger partial charge < -0.3 is 10.1 Å². The minimum Gasteiger partial charge on any atom is -0.481 e. The van der Waals surface area contributed by atoms with Crippen LogP contribution in [0, 0.1) is 0 Å². The molecule has 3 heteroatoms. The molecule has 0 spiro atoms. The van der Waals surface area contributed by atoms with E-state index in [1.54, 1.807) is 13.3 Å². The van der Waals surface area contributed by atoms with Gasteiger partial charge in [-0.1, -0.05) is 44.2 Å². The molecular weight excluding hydrogens is 236 g/mol. The van der Waals surface area contributed by atoms with Gasteiger partial charge in [-0.3, -0.25) is 0 Å². The van der Waals surface area contributed by atoms with Gasteiger partial charge in [0.25, 0.3) is 0 Å². The Hall–Kier alpha value is -2.03. The molecular formula is C16H20N2O. The van der Waals surface area contributed by atoms with Gasteiger partial charge in [0.2, 0.25) is 5.88 Å². The normalized spacial score (nSPS) is 11.1. The highest BCUT2D eigenvalue weighted by Crippen LogP contribution is 2.24. The van der Waals surface area contributed by atoms with E-state index in [-0.39, 0.29) is 5.41 Å². The first kappa shape index (κ1) is 13.4. The molecule has 1 heterocycles. The third-order valence-corrected chi connectivity index (χ3v) is 3.23. The monoisotopic (exact) mass is 256 g/mol. The summed E-state index contributed by atoms with van der Waals surface area (Å²) in [5.74, 6) is 0.627. The molecule has 0 saturated carbocycles. The quantitative estimate of drug-likeness (QED) is 0.889. The van der Waals surface area contributed by atoms with Crippen molar-refractivity contribution in [2.75, 3.05) is 19.0 Å². The van der Waals surface area contributed by atoms with Crippen molar-refractivity contribution < 1.29 is 4.74 Å². The Morgan fingerprint density at radius 2 is 1.89 bits per heavy atom. The molecule has 0 radical (unpaired) electrons. The molecule has 0 aliphatic rings. The van der Waals surface area contributed by atoms with Crippen LogP contribution in [0.5, 0.6) is 5.88 Å². The molecule has 100 valence electrons. The Balaban J connectivity index is 2.05. The predicted octanol–water partition coefficient (Wildman–Crippen LogP) is 3.48. The van der Waals surface area contributed by atoms with Crippen molar-refractivity contribution in [3.05, 3.63) is 54.2 Å². The second-order valence-electron chi connectivity index (χ2n) is 5.19. The fourth-order valence-electron chi connectivity index (χ4n) is 1.95. The molecule has 0 saturated heterocycles. The van der Waals surface area contributed by atoms with Gasteiger partial charge in [-0.25, -0.2) is 4.98 Å². The van der Waals surface area contributed by atoms with Crippen molar-refractivity contribution in [3.8, 4) is 5.88 Å². The molecule has 0 atom stereocenters. The fourth-order valence-corrected chi connectivity index (χ4v) is 1.95. The Bertz CT molecular complexity index is 523. The zero-order chi connectivity index (χ0) is 13.7. The standard InChI is InChI=1S/C16H20N2O/c1-16(2,13-7-5-4-6-8-13)12-18-14-9-10-17-15(11-14)19-3/h4-11H,12H2,1-3H3,(H,17,18). The number of ether oxygens (including phenoxy) is 1. The number of rotatable bonds is 5. The summed E-state index contributed by atoms with van der Waals surface area (Å²) in [4.78, 5) is 4.10. The zero-order valence-electron chi connectivity index (χ0n) is 11.7. The highest BCUT2D eigenvalue weighted by Gasteiger charge is 2.19. The van der Waals surface area contributed by atoms with Crippen LogP contribution in [0.1, 0.15) is 19.4 Å². The van der Waals surface area contributed by atoms with Crippen LogP contribution in [0.4, 0.5) is 5.69 Å². The van der Waals surface area contributed by atoms with Crippen LogP contribution in [-0.2, 0) is 5.41 Å². The number of anilines is 1. The third kappa shape index (κ3) is 3.47. The summed E-state index contributed by atoms with van der Waals surface area (Å²) >= 11 is 0. The number of aromatic nitrogens is 1. The second-order valence-corrected chi connectivity index (χ2v) is 5.19. The summed E-state index contributed by atoms with van der Waals surface area (Å²) in [5, 5.41) is 3.44. The van der Waals surface area contributed by atoms with Crippen molar-refractivity contribution >= 4 is 5.69 Å². The molecule has 0 amide bonds. The summed E-state index contributed by atoms with van der Waals surface area (Å²) in [6, 6.07) is 14.4. The van der Waals surface area contributed by atoms with Gasteiger partial charge in [0.1, 0.15) is 0 Å². The molecule has 0 aliphatic carbocycles. The highest BCUT2D eigenvalue weighted by molar-refractivity contribution is 5.46. The molecule has 19 heavy (non-hydrogen) atoms. The lowest BCUT2D eigenvalue weighted by Gasteiger charge is -2.26. The Kier molecular flexibility index (Phi) is 4.05. The summed E-state index contributed by atoms with van der Waals surface area (Å²) < 4.78 is 5.12. The molecule has 2 aromatic rings. The van der Waals surface area contributed by atoms with Crippen molar-refractivity contribution in [1.82, 2.24) is 4.98 Å². The molecule has 3 nitrogen and oxygen atoms in total. The van der Waals surface area contributed by atoms with Crippen molar-refractivity contribution in [3.63, 3.8) is 0 Å². The number of pyridine rings is 1. The van der Waals surface area contributed by atoms with Gasteiger partial charge in [-0.05, 0) is 11.6 Å². The van der Waals surface area contributed by atoms with E-state index in [1.807, 2.05) is 18.2 Å². The lowest BCUT2D eigenvalue weighted by atomic mass is 9.84. The number of hydrogen-bond acceptors (Lipinski definition) is 3. The molecule has 1 aromatic carbocycles. The van der Waals surface area contributed by atoms with E-state index in [4.69, 9.17) is 4.74 Å². The molecule has 0 aliphatic heterocycles. The van der Waals surface area contributed by atoms with Crippen LogP contribution in [0.15, 0.2) is 48.7 Å². The maximum absolute atomic E-state index is 5.12. The Morgan fingerprint density at radius 1 is 1.16 bits per heavy atom. The third-order valence-electron chi connectivity index (χ3n) is 3.23. The van der Waals surface area contributed by atoms with Gasteiger partial charge >= 0.3 is 0 Å². The SMILES string of the molecule is COc1cc(NCC(C)(C)c2ccccc2)ccn1. The molecule has 0 unspecified atom stereocenters. The van der Waals surface area contributed by atoms with E-state index in [1.165, 1.54) is 5.56 Å². The number of hydrogen-bond donors (Lipinski definition) is 1. The first-order valence-electron chi connectivity index (χ1n) is 6.41. The van der Waals surface area contributed by atoms with Crippen LogP contribution in [-0.4, -0.2) is 18.6 Å². The first-order valence-corrected chi connectivity index (χ1v) is 6.41. The lowest BCUT2D eigenvalue weighted by Crippen LogP contribution is -2.27. The van der Waals surface area contributed by atoms with Gasteiger partial charge in [0, 0.05) is 29.9 Å². The molecule has 1 N–H and O–H groups in total. The smallest absolute Gasteiger partial charge is 0.214 e. The molecule has 0 fully saturated rings. The minimum absolute atomic E-state index is 0.0672. The molecule has 0 bridgehead atoms. The number of methoxy groups -OCH3 is 1. The van der Waals surface area contributed by atoms with Crippen LogP contribution in [0.25, 0.3) is 0 Å². The average molecular weight is 256 g/mol. The van der Waals surface area contributed by atoms with Crippen LogP contribution in [0.2, 0.25) is 0 Å². The first-order chi connectivity index (χ1) is 9.12. The fraction of sp³-hybridized carbons (Fsp3) is 0.312. The lowest BCUT2D eigenvalue weighted by molar-refractivity contribution is 0.398. The van der Waals surface area contributed by atoms with E-state index in [0.29, 0.717) is 5.88 Å². The molecule has 2 rings (SSSR count). The largest absolute Gasteiger partial charge is 0.481 e. The molecule has 1 aromatic heterocycles. The van der Waals surface area contributed by atoms with Crippen LogP contribution in [0.3, 0.4) is 0 Å². The van der Waals surface area contributed by atoms with Gasteiger partial charge in [0.15, 0.2) is 0 Å². The number of nitrogens with zero attached hydrogens (tertiary/aromatic N) is 1. The van der Waals surface area contributed by atoms with Gasteiger partial charge in [-0.15, -0.1) is 0 Å². The Labute approximate surface area is 114 Å². The van der Waals surface area contributed by atoms with Gasteiger partial charge in [-0.2, -0.15) is 0 Å². The zero-order valence-corrected chi connectivity index (χ0v) is 11.7. The van der Waals surface area contributed by atoms with Crippen LogP contribution < -0.4 is 10.1 Å². The van der Waals surface area contributed by atoms with Crippen molar-refractivity contribution in [2.24, 2.45) is 0 Å². The van der Waals surface area contributed by atoms with Gasteiger partial charge in [0.05, 0.1) is 7.11 Å².